The highest BCUT2D eigenvalue weighted by molar-refractivity contribution is 5.99. The SMILES string of the molecule is CCOC1CCCN(c2ccc([N+](=O)[O-])c(C(C)=O)c2)C1. The molecule has 1 fully saturated rings. The number of ether oxygens (including phenoxy) is 1. The lowest BCUT2D eigenvalue weighted by Crippen LogP contribution is -2.39. The zero-order valence-electron chi connectivity index (χ0n) is 12.4. The van der Waals surface area contributed by atoms with E-state index in [0.717, 1.165) is 31.6 Å². The van der Waals surface area contributed by atoms with Gasteiger partial charge in [0.2, 0.25) is 0 Å². The summed E-state index contributed by atoms with van der Waals surface area (Å²) in [6.07, 6.45) is 2.22. The topological polar surface area (TPSA) is 72.7 Å². The Kier molecular flexibility index (Phi) is 4.90. The molecule has 1 aromatic rings. The van der Waals surface area contributed by atoms with Gasteiger partial charge < -0.3 is 9.64 Å². The van der Waals surface area contributed by atoms with Crippen molar-refractivity contribution in [2.45, 2.75) is 32.8 Å². The molecule has 1 heterocycles. The van der Waals surface area contributed by atoms with Crippen molar-refractivity contribution < 1.29 is 14.5 Å². The van der Waals surface area contributed by atoms with Crippen LogP contribution < -0.4 is 4.90 Å². The number of rotatable bonds is 5. The maximum absolute atomic E-state index is 11.6. The van der Waals surface area contributed by atoms with Gasteiger partial charge in [0, 0.05) is 31.5 Å². The average Bonchev–Trinajstić information content (AvgIpc) is 2.47. The van der Waals surface area contributed by atoms with Crippen molar-refractivity contribution in [2.24, 2.45) is 0 Å². The van der Waals surface area contributed by atoms with Crippen molar-refractivity contribution in [1.82, 2.24) is 0 Å². The number of carbonyl (C=O) groups excluding carboxylic acids is 1. The summed E-state index contributed by atoms with van der Waals surface area (Å²) in [5.74, 6) is -0.290. The number of nitro benzene ring substituents is 1. The molecular formula is C15H20N2O4. The number of piperidine rings is 1. The maximum atomic E-state index is 11.6. The van der Waals surface area contributed by atoms with E-state index in [1.165, 1.54) is 13.0 Å². The number of ketones is 1. The minimum atomic E-state index is -0.514. The summed E-state index contributed by atoms with van der Waals surface area (Å²) < 4.78 is 5.66. The summed E-state index contributed by atoms with van der Waals surface area (Å²) in [6, 6.07) is 4.74. The molecule has 1 aliphatic heterocycles. The largest absolute Gasteiger partial charge is 0.377 e. The molecule has 0 bridgehead atoms. The van der Waals surface area contributed by atoms with Crippen LogP contribution in [0, 0.1) is 10.1 Å². The molecule has 0 N–H and O–H groups in total. The molecule has 1 atom stereocenters. The quantitative estimate of drug-likeness (QED) is 0.474. The van der Waals surface area contributed by atoms with Crippen LogP contribution in [0.2, 0.25) is 0 Å². The molecule has 1 aliphatic rings. The van der Waals surface area contributed by atoms with Gasteiger partial charge in [-0.1, -0.05) is 0 Å². The molecule has 1 aromatic carbocycles. The summed E-state index contributed by atoms with van der Waals surface area (Å²) in [6.45, 7) is 5.63. The monoisotopic (exact) mass is 292 g/mol. The Morgan fingerprint density at radius 3 is 2.90 bits per heavy atom. The number of hydrogen-bond acceptors (Lipinski definition) is 5. The van der Waals surface area contributed by atoms with Crippen molar-refractivity contribution in [3.8, 4) is 0 Å². The highest BCUT2D eigenvalue weighted by atomic mass is 16.6. The molecule has 6 nitrogen and oxygen atoms in total. The molecule has 0 radical (unpaired) electrons. The van der Waals surface area contributed by atoms with Gasteiger partial charge in [0.25, 0.3) is 5.69 Å². The minimum Gasteiger partial charge on any atom is -0.377 e. The highest BCUT2D eigenvalue weighted by Crippen LogP contribution is 2.28. The number of benzene rings is 1. The van der Waals surface area contributed by atoms with E-state index in [1.54, 1.807) is 12.1 Å². The van der Waals surface area contributed by atoms with Crippen LogP contribution in [0.15, 0.2) is 18.2 Å². The molecule has 6 heteroatoms. The van der Waals surface area contributed by atoms with E-state index >= 15 is 0 Å². The molecule has 0 aromatic heterocycles. The predicted octanol–water partition coefficient (Wildman–Crippen LogP) is 2.80. The standard InChI is InChI=1S/C15H20N2O4/c1-3-21-13-5-4-8-16(10-13)12-6-7-15(17(19)20)14(9-12)11(2)18/h6-7,9,13H,3-5,8,10H2,1-2H3. The summed E-state index contributed by atoms with van der Waals surface area (Å²) in [7, 11) is 0. The molecule has 0 spiro atoms. The Morgan fingerprint density at radius 1 is 1.52 bits per heavy atom. The highest BCUT2D eigenvalue weighted by Gasteiger charge is 2.23. The molecule has 2 rings (SSSR count). The van der Waals surface area contributed by atoms with E-state index in [-0.39, 0.29) is 23.1 Å². The second kappa shape index (κ2) is 6.67. The van der Waals surface area contributed by atoms with Crippen LogP contribution in [0.1, 0.15) is 37.0 Å². The lowest BCUT2D eigenvalue weighted by Gasteiger charge is -2.34. The van der Waals surface area contributed by atoms with Crippen LogP contribution >= 0.6 is 0 Å². The lowest BCUT2D eigenvalue weighted by molar-refractivity contribution is -0.385. The lowest BCUT2D eigenvalue weighted by atomic mass is 10.0. The molecular weight excluding hydrogens is 272 g/mol. The first-order chi connectivity index (χ1) is 10.0. The Morgan fingerprint density at radius 2 is 2.29 bits per heavy atom. The zero-order chi connectivity index (χ0) is 15.4. The zero-order valence-corrected chi connectivity index (χ0v) is 12.4. The normalized spacial score (nSPS) is 18.6. The Bertz CT molecular complexity index is 542. The van der Waals surface area contributed by atoms with Crippen LogP contribution in [0.4, 0.5) is 11.4 Å². The molecule has 0 aliphatic carbocycles. The summed E-state index contributed by atoms with van der Waals surface area (Å²) in [4.78, 5) is 24.2. The van der Waals surface area contributed by atoms with Gasteiger partial charge in [-0.3, -0.25) is 14.9 Å². The number of nitrogens with zero attached hydrogens (tertiary/aromatic N) is 2. The first-order valence-corrected chi connectivity index (χ1v) is 7.18. The van der Waals surface area contributed by atoms with Crippen molar-refractivity contribution in [3.05, 3.63) is 33.9 Å². The van der Waals surface area contributed by atoms with Gasteiger partial charge in [0.15, 0.2) is 5.78 Å². The third-order valence-electron chi connectivity index (χ3n) is 3.70. The second-order valence-corrected chi connectivity index (χ2v) is 5.18. The Hall–Kier alpha value is -1.95. The maximum Gasteiger partial charge on any atom is 0.280 e. The summed E-state index contributed by atoms with van der Waals surface area (Å²) in [5.41, 5.74) is 0.871. The number of carbonyl (C=O) groups is 1. The fraction of sp³-hybridized carbons (Fsp3) is 0.533. The van der Waals surface area contributed by atoms with E-state index in [0.29, 0.717) is 6.61 Å². The fourth-order valence-electron chi connectivity index (χ4n) is 2.71. The van der Waals surface area contributed by atoms with Crippen LogP contribution in [-0.2, 0) is 4.74 Å². The first-order valence-electron chi connectivity index (χ1n) is 7.18. The molecule has 0 amide bonds. The second-order valence-electron chi connectivity index (χ2n) is 5.18. The summed E-state index contributed by atoms with van der Waals surface area (Å²) >= 11 is 0. The van der Waals surface area contributed by atoms with Gasteiger partial charge in [0.1, 0.15) is 0 Å². The van der Waals surface area contributed by atoms with Crippen LogP contribution in [0.25, 0.3) is 0 Å². The van der Waals surface area contributed by atoms with Gasteiger partial charge in [-0.2, -0.15) is 0 Å². The summed E-state index contributed by atoms with van der Waals surface area (Å²) in [5, 5.41) is 11.0. The molecule has 1 saturated heterocycles. The predicted molar refractivity (Wildman–Crippen MR) is 80.0 cm³/mol. The smallest absolute Gasteiger partial charge is 0.280 e. The third-order valence-corrected chi connectivity index (χ3v) is 3.70. The number of anilines is 1. The van der Waals surface area contributed by atoms with E-state index in [4.69, 9.17) is 4.74 Å². The first kappa shape index (κ1) is 15.4. The van der Waals surface area contributed by atoms with Gasteiger partial charge in [-0.05, 0) is 38.8 Å². The number of Topliss-reactive ketones (excluding diaryl/α,β-unsaturated/α-hetero) is 1. The minimum absolute atomic E-state index is 0.135. The molecule has 114 valence electrons. The number of hydrogen-bond donors (Lipinski definition) is 0. The van der Waals surface area contributed by atoms with Gasteiger partial charge >= 0.3 is 0 Å². The molecule has 1 unspecified atom stereocenters. The fourth-order valence-corrected chi connectivity index (χ4v) is 2.71. The third kappa shape index (κ3) is 3.58. The van der Waals surface area contributed by atoms with Gasteiger partial charge in [-0.25, -0.2) is 0 Å². The van der Waals surface area contributed by atoms with Crippen molar-refractivity contribution >= 4 is 17.2 Å². The van der Waals surface area contributed by atoms with E-state index in [9.17, 15) is 14.9 Å². The van der Waals surface area contributed by atoms with E-state index in [2.05, 4.69) is 4.90 Å². The molecule has 21 heavy (non-hydrogen) atoms. The van der Waals surface area contributed by atoms with Gasteiger partial charge in [0.05, 0.1) is 16.6 Å². The van der Waals surface area contributed by atoms with Gasteiger partial charge in [-0.15, -0.1) is 0 Å². The molecule has 0 saturated carbocycles. The van der Waals surface area contributed by atoms with Crippen molar-refractivity contribution in [3.63, 3.8) is 0 Å². The number of nitro groups is 1. The van der Waals surface area contributed by atoms with Crippen LogP contribution in [0.5, 0.6) is 0 Å². The van der Waals surface area contributed by atoms with E-state index in [1.807, 2.05) is 6.92 Å². The Balaban J connectivity index is 2.25. The average molecular weight is 292 g/mol. The van der Waals surface area contributed by atoms with Crippen LogP contribution in [0.3, 0.4) is 0 Å². The van der Waals surface area contributed by atoms with E-state index < -0.39 is 4.92 Å². The van der Waals surface area contributed by atoms with Crippen molar-refractivity contribution in [1.29, 1.82) is 0 Å². The van der Waals surface area contributed by atoms with Crippen LogP contribution in [-0.4, -0.2) is 36.5 Å². The van der Waals surface area contributed by atoms with Crippen molar-refractivity contribution in [2.75, 3.05) is 24.6 Å². The Labute approximate surface area is 123 Å².